The zero-order chi connectivity index (χ0) is 14.8. The van der Waals surface area contributed by atoms with Crippen LogP contribution < -0.4 is 5.73 Å². The number of nitrogens with zero attached hydrogens (tertiary/aromatic N) is 2. The Morgan fingerprint density at radius 2 is 1.95 bits per heavy atom. The molecule has 4 heteroatoms. The third-order valence-electron chi connectivity index (χ3n) is 4.32. The van der Waals surface area contributed by atoms with Crippen molar-refractivity contribution in [1.29, 1.82) is 0 Å². The molecule has 1 saturated carbocycles. The normalized spacial score (nSPS) is 24.3. The van der Waals surface area contributed by atoms with Gasteiger partial charge in [0.15, 0.2) is 0 Å². The Bertz CT molecular complexity index is 414. The number of rotatable bonds is 4. The molecule has 1 fully saturated rings. The van der Waals surface area contributed by atoms with Crippen molar-refractivity contribution >= 4 is 11.3 Å². The molecule has 0 aromatic carbocycles. The van der Waals surface area contributed by atoms with Gasteiger partial charge in [-0.05, 0) is 32.2 Å². The van der Waals surface area contributed by atoms with Gasteiger partial charge >= 0.3 is 0 Å². The van der Waals surface area contributed by atoms with Crippen LogP contribution in [-0.4, -0.2) is 28.5 Å². The first-order valence-corrected chi connectivity index (χ1v) is 8.72. The minimum atomic E-state index is 0.156. The average molecular weight is 295 g/mol. The minimum Gasteiger partial charge on any atom is -0.328 e. The molecule has 1 aliphatic rings. The van der Waals surface area contributed by atoms with Crippen LogP contribution in [0.25, 0.3) is 0 Å². The summed E-state index contributed by atoms with van der Waals surface area (Å²) in [5.41, 5.74) is 7.39. The molecule has 0 amide bonds. The Hall–Kier alpha value is -0.450. The molecule has 1 aliphatic carbocycles. The van der Waals surface area contributed by atoms with E-state index in [-0.39, 0.29) is 5.41 Å². The molecule has 0 atom stereocenters. The molecule has 0 unspecified atom stereocenters. The Morgan fingerprint density at radius 1 is 1.30 bits per heavy atom. The number of aromatic nitrogens is 1. The van der Waals surface area contributed by atoms with Gasteiger partial charge in [-0.25, -0.2) is 4.98 Å². The van der Waals surface area contributed by atoms with Crippen molar-refractivity contribution in [3.63, 3.8) is 0 Å². The third kappa shape index (κ3) is 4.03. The van der Waals surface area contributed by atoms with Crippen LogP contribution in [-0.2, 0) is 12.0 Å². The largest absolute Gasteiger partial charge is 0.328 e. The fraction of sp³-hybridized carbons (Fsp3) is 0.812. The van der Waals surface area contributed by atoms with Crippen LogP contribution in [0.2, 0.25) is 0 Å². The predicted molar refractivity (Wildman–Crippen MR) is 87.1 cm³/mol. The topological polar surface area (TPSA) is 42.2 Å². The van der Waals surface area contributed by atoms with Crippen LogP contribution >= 0.6 is 11.3 Å². The zero-order valence-corrected chi connectivity index (χ0v) is 14.2. The van der Waals surface area contributed by atoms with Crippen molar-refractivity contribution in [2.45, 2.75) is 77.4 Å². The first-order valence-electron chi connectivity index (χ1n) is 7.84. The van der Waals surface area contributed by atoms with Crippen molar-refractivity contribution in [1.82, 2.24) is 9.88 Å². The van der Waals surface area contributed by atoms with Crippen molar-refractivity contribution in [2.24, 2.45) is 5.73 Å². The molecule has 2 N–H and O–H groups in total. The van der Waals surface area contributed by atoms with Crippen LogP contribution in [0.4, 0.5) is 0 Å². The maximum Gasteiger partial charge on any atom is 0.107 e. The summed E-state index contributed by atoms with van der Waals surface area (Å²) in [6.07, 6.45) is 4.83. The average Bonchev–Trinajstić information content (AvgIpc) is 2.85. The lowest BCUT2D eigenvalue weighted by atomic mass is 9.91. The maximum absolute atomic E-state index is 6.01. The van der Waals surface area contributed by atoms with E-state index in [1.165, 1.54) is 36.4 Å². The molecule has 0 aliphatic heterocycles. The van der Waals surface area contributed by atoms with Crippen LogP contribution in [0.3, 0.4) is 0 Å². The summed E-state index contributed by atoms with van der Waals surface area (Å²) in [6, 6.07) is 1.12. The van der Waals surface area contributed by atoms with Crippen molar-refractivity contribution in [3.8, 4) is 0 Å². The van der Waals surface area contributed by atoms with Gasteiger partial charge < -0.3 is 5.73 Å². The zero-order valence-electron chi connectivity index (χ0n) is 13.4. The van der Waals surface area contributed by atoms with Gasteiger partial charge in [-0.1, -0.05) is 27.7 Å². The standard InChI is InChI=1S/C16H29N3S/c1-5-19(13-8-6-12(17)7-9-13)10-15-18-14(11-20-15)16(2,3)4/h11-13H,5-10,17H2,1-4H3. The van der Waals surface area contributed by atoms with Gasteiger partial charge in [0, 0.05) is 22.9 Å². The lowest BCUT2D eigenvalue weighted by molar-refractivity contribution is 0.149. The first kappa shape index (κ1) is 15.9. The van der Waals surface area contributed by atoms with E-state index in [9.17, 15) is 0 Å². The summed E-state index contributed by atoms with van der Waals surface area (Å²) in [6.45, 7) is 11.0. The van der Waals surface area contributed by atoms with Crippen molar-refractivity contribution in [3.05, 3.63) is 16.1 Å². The highest BCUT2D eigenvalue weighted by molar-refractivity contribution is 7.09. The van der Waals surface area contributed by atoms with E-state index in [0.717, 1.165) is 13.1 Å². The SMILES string of the molecule is CCN(Cc1nc(C(C)(C)C)cs1)C1CCC(N)CC1. The second-order valence-corrected chi connectivity index (χ2v) is 7.95. The van der Waals surface area contributed by atoms with Crippen LogP contribution in [0.15, 0.2) is 5.38 Å². The molecule has 3 nitrogen and oxygen atoms in total. The highest BCUT2D eigenvalue weighted by atomic mass is 32.1. The lowest BCUT2D eigenvalue weighted by Gasteiger charge is -2.34. The van der Waals surface area contributed by atoms with Gasteiger partial charge in [0.2, 0.25) is 0 Å². The first-order chi connectivity index (χ1) is 9.40. The van der Waals surface area contributed by atoms with Crippen LogP contribution in [0.1, 0.15) is 64.1 Å². The van der Waals surface area contributed by atoms with Gasteiger partial charge in [-0.2, -0.15) is 0 Å². The molecule has 2 rings (SSSR count). The van der Waals surface area contributed by atoms with E-state index >= 15 is 0 Å². The molecule has 114 valence electrons. The maximum atomic E-state index is 6.01. The third-order valence-corrected chi connectivity index (χ3v) is 5.16. The number of hydrogen-bond donors (Lipinski definition) is 1. The second kappa shape index (κ2) is 6.54. The van der Waals surface area contributed by atoms with E-state index in [1.54, 1.807) is 0 Å². The van der Waals surface area contributed by atoms with Gasteiger partial charge in [0.1, 0.15) is 5.01 Å². The fourth-order valence-electron chi connectivity index (χ4n) is 2.87. The quantitative estimate of drug-likeness (QED) is 0.924. The Balaban J connectivity index is 1.98. The van der Waals surface area contributed by atoms with Gasteiger partial charge in [0.05, 0.1) is 12.2 Å². The van der Waals surface area contributed by atoms with E-state index in [2.05, 4.69) is 38.0 Å². The molecule has 0 spiro atoms. The highest BCUT2D eigenvalue weighted by Gasteiger charge is 2.24. The summed E-state index contributed by atoms with van der Waals surface area (Å²) >= 11 is 1.81. The molecule has 20 heavy (non-hydrogen) atoms. The van der Waals surface area contributed by atoms with E-state index in [1.807, 2.05) is 11.3 Å². The molecular formula is C16H29N3S. The van der Waals surface area contributed by atoms with Crippen molar-refractivity contribution in [2.75, 3.05) is 6.54 Å². The summed E-state index contributed by atoms with van der Waals surface area (Å²) in [7, 11) is 0. The van der Waals surface area contributed by atoms with E-state index in [4.69, 9.17) is 10.7 Å². The molecule has 0 radical (unpaired) electrons. The lowest BCUT2D eigenvalue weighted by Crippen LogP contribution is -2.40. The summed E-state index contributed by atoms with van der Waals surface area (Å²) in [4.78, 5) is 7.41. The Labute approximate surface area is 127 Å². The number of nitrogens with two attached hydrogens (primary N) is 1. The van der Waals surface area contributed by atoms with Gasteiger partial charge in [-0.15, -0.1) is 11.3 Å². The minimum absolute atomic E-state index is 0.156. The van der Waals surface area contributed by atoms with Crippen LogP contribution in [0.5, 0.6) is 0 Å². The highest BCUT2D eigenvalue weighted by Crippen LogP contribution is 2.27. The molecule has 1 heterocycles. The number of hydrogen-bond acceptors (Lipinski definition) is 4. The van der Waals surface area contributed by atoms with Gasteiger partial charge in [-0.3, -0.25) is 4.90 Å². The second-order valence-electron chi connectivity index (χ2n) is 7.01. The van der Waals surface area contributed by atoms with E-state index in [0.29, 0.717) is 12.1 Å². The monoisotopic (exact) mass is 295 g/mol. The molecule has 1 aromatic heterocycles. The molecule has 0 saturated heterocycles. The summed E-state index contributed by atoms with van der Waals surface area (Å²) < 4.78 is 0. The predicted octanol–water partition coefficient (Wildman–Crippen LogP) is 3.53. The van der Waals surface area contributed by atoms with E-state index < -0.39 is 0 Å². The smallest absolute Gasteiger partial charge is 0.107 e. The Kier molecular flexibility index (Phi) is 5.21. The summed E-state index contributed by atoms with van der Waals surface area (Å²) in [5.74, 6) is 0. The van der Waals surface area contributed by atoms with Crippen LogP contribution in [0, 0.1) is 0 Å². The number of thiazole rings is 1. The fourth-order valence-corrected chi connectivity index (χ4v) is 3.91. The molecule has 0 bridgehead atoms. The molecular weight excluding hydrogens is 266 g/mol. The van der Waals surface area contributed by atoms with Gasteiger partial charge in [0.25, 0.3) is 0 Å². The molecule has 1 aromatic rings. The summed E-state index contributed by atoms with van der Waals surface area (Å²) in [5, 5.41) is 3.48. The Morgan fingerprint density at radius 3 is 2.45 bits per heavy atom. The van der Waals surface area contributed by atoms with Crippen molar-refractivity contribution < 1.29 is 0 Å².